The fraction of sp³-hybridized carbons (Fsp3) is 0.200. The molecular weight excluding hydrogens is 428 g/mol. The summed E-state index contributed by atoms with van der Waals surface area (Å²) in [5, 5.41) is 12.0. The van der Waals surface area contributed by atoms with Gasteiger partial charge in [0, 0.05) is 54.7 Å². The van der Waals surface area contributed by atoms with Crippen LogP contribution in [-0.4, -0.2) is 50.2 Å². The van der Waals surface area contributed by atoms with Crippen LogP contribution in [0.3, 0.4) is 0 Å². The van der Waals surface area contributed by atoms with Crippen molar-refractivity contribution < 1.29 is 4.74 Å². The summed E-state index contributed by atoms with van der Waals surface area (Å²) in [7, 11) is 0. The lowest BCUT2D eigenvalue weighted by molar-refractivity contribution is 0.482. The van der Waals surface area contributed by atoms with Crippen LogP contribution in [0.4, 0.5) is 17.2 Å². The van der Waals surface area contributed by atoms with Gasteiger partial charge in [0.2, 0.25) is 0 Å². The molecule has 0 bridgehead atoms. The molecule has 0 aliphatic carbocycles. The Morgan fingerprint density at radius 2 is 1.88 bits per heavy atom. The minimum absolute atomic E-state index is 0.466. The molecule has 0 unspecified atom stereocenters. The molecule has 1 atom stereocenters. The first-order valence-electron chi connectivity index (χ1n) is 11.3. The van der Waals surface area contributed by atoms with Gasteiger partial charge in [0.25, 0.3) is 0 Å². The van der Waals surface area contributed by atoms with Crippen molar-refractivity contribution in [3.63, 3.8) is 0 Å². The summed E-state index contributed by atoms with van der Waals surface area (Å²) in [6.07, 6.45) is 4.93. The molecule has 0 amide bonds. The molecule has 2 N–H and O–H groups in total. The fourth-order valence-electron chi connectivity index (χ4n) is 4.25. The van der Waals surface area contributed by atoms with Gasteiger partial charge in [0.15, 0.2) is 5.65 Å². The molecule has 9 heteroatoms. The Morgan fingerprint density at radius 3 is 2.76 bits per heavy atom. The summed E-state index contributed by atoms with van der Waals surface area (Å²) in [6.45, 7) is 5.16. The highest BCUT2D eigenvalue weighted by Gasteiger charge is 2.17. The van der Waals surface area contributed by atoms with E-state index in [1.54, 1.807) is 10.8 Å². The van der Waals surface area contributed by atoms with E-state index in [9.17, 15) is 0 Å². The lowest BCUT2D eigenvalue weighted by atomic mass is 10.1. The SMILES string of the molecule is C[C@@H]1CN(c2ccc3ncnc(Nc4ccc(Oc5ccn6ncnc6c5)cc4)c3c2)CCN1. The van der Waals surface area contributed by atoms with Gasteiger partial charge in [0.05, 0.1) is 5.52 Å². The summed E-state index contributed by atoms with van der Waals surface area (Å²) in [4.78, 5) is 15.6. The van der Waals surface area contributed by atoms with E-state index in [4.69, 9.17) is 4.74 Å². The Kier molecular flexibility index (Phi) is 5.15. The second-order valence-electron chi connectivity index (χ2n) is 8.40. The average molecular weight is 453 g/mol. The average Bonchev–Trinajstić information content (AvgIpc) is 3.33. The number of pyridine rings is 1. The van der Waals surface area contributed by atoms with E-state index in [0.717, 1.165) is 53.4 Å². The normalized spacial score (nSPS) is 16.1. The van der Waals surface area contributed by atoms with Crippen molar-refractivity contribution in [2.45, 2.75) is 13.0 Å². The smallest absolute Gasteiger partial charge is 0.158 e. The summed E-state index contributed by atoms with van der Waals surface area (Å²) in [5.74, 6) is 2.22. The Labute approximate surface area is 196 Å². The third kappa shape index (κ3) is 4.08. The third-order valence-corrected chi connectivity index (χ3v) is 5.96. The number of fused-ring (bicyclic) bond motifs is 2. The third-order valence-electron chi connectivity index (χ3n) is 5.96. The van der Waals surface area contributed by atoms with Crippen LogP contribution in [0.25, 0.3) is 16.6 Å². The molecular formula is C25H24N8O. The van der Waals surface area contributed by atoms with Crippen LogP contribution < -0.4 is 20.3 Å². The first-order valence-corrected chi connectivity index (χ1v) is 11.3. The Hall–Kier alpha value is -4.24. The molecule has 0 saturated carbocycles. The van der Waals surface area contributed by atoms with Gasteiger partial charge in [-0.15, -0.1) is 0 Å². The van der Waals surface area contributed by atoms with E-state index in [1.165, 1.54) is 12.0 Å². The first kappa shape index (κ1) is 20.4. The lowest BCUT2D eigenvalue weighted by Gasteiger charge is -2.33. The molecule has 9 nitrogen and oxygen atoms in total. The zero-order chi connectivity index (χ0) is 22.9. The van der Waals surface area contributed by atoms with Crippen LogP contribution in [0, 0.1) is 0 Å². The van der Waals surface area contributed by atoms with E-state index in [2.05, 4.69) is 60.7 Å². The zero-order valence-corrected chi connectivity index (χ0v) is 18.7. The van der Waals surface area contributed by atoms with Crippen LogP contribution >= 0.6 is 0 Å². The molecule has 1 saturated heterocycles. The van der Waals surface area contributed by atoms with Crippen molar-refractivity contribution in [3.05, 3.63) is 73.4 Å². The maximum Gasteiger partial charge on any atom is 0.158 e. The van der Waals surface area contributed by atoms with Crippen LogP contribution in [0.1, 0.15) is 6.92 Å². The molecule has 0 radical (unpaired) electrons. The fourth-order valence-corrected chi connectivity index (χ4v) is 4.25. The molecule has 3 aromatic heterocycles. The molecule has 1 fully saturated rings. The van der Waals surface area contributed by atoms with Crippen LogP contribution in [0.2, 0.25) is 0 Å². The van der Waals surface area contributed by atoms with Gasteiger partial charge in [0.1, 0.15) is 30.0 Å². The number of aromatic nitrogens is 5. The molecule has 5 aromatic rings. The molecule has 34 heavy (non-hydrogen) atoms. The number of nitrogens with one attached hydrogen (secondary N) is 2. The highest BCUT2D eigenvalue weighted by molar-refractivity contribution is 5.93. The van der Waals surface area contributed by atoms with Crippen molar-refractivity contribution in [2.24, 2.45) is 0 Å². The predicted molar refractivity (Wildman–Crippen MR) is 132 cm³/mol. The largest absolute Gasteiger partial charge is 0.457 e. The standard InChI is InChI=1S/C25H24N8O/c1-17-14-32(11-9-26-17)19-4-7-23-22(12-19)25(29-15-27-23)31-18-2-5-20(6-3-18)34-21-8-10-33-24(13-21)28-16-30-33/h2-8,10,12-13,15-17,26H,9,11,14H2,1H3,(H,27,29,31)/t17-/m1/s1. The predicted octanol–water partition coefficient (Wildman–Crippen LogP) is 4.01. The lowest BCUT2D eigenvalue weighted by Crippen LogP contribution is -2.49. The Balaban J connectivity index is 1.22. The van der Waals surface area contributed by atoms with Crippen molar-refractivity contribution in [2.75, 3.05) is 29.9 Å². The second kappa shape index (κ2) is 8.60. The maximum atomic E-state index is 5.98. The van der Waals surface area contributed by atoms with Crippen LogP contribution in [0.5, 0.6) is 11.5 Å². The summed E-state index contributed by atoms with van der Waals surface area (Å²) >= 11 is 0. The highest BCUT2D eigenvalue weighted by atomic mass is 16.5. The Morgan fingerprint density at radius 1 is 0.971 bits per heavy atom. The van der Waals surface area contributed by atoms with Gasteiger partial charge >= 0.3 is 0 Å². The van der Waals surface area contributed by atoms with Crippen molar-refractivity contribution in [1.29, 1.82) is 0 Å². The molecule has 170 valence electrons. The summed E-state index contributed by atoms with van der Waals surface area (Å²) in [6, 6.07) is 18.3. The Bertz CT molecular complexity index is 1450. The summed E-state index contributed by atoms with van der Waals surface area (Å²) in [5.41, 5.74) is 3.75. The molecule has 1 aliphatic heterocycles. The van der Waals surface area contributed by atoms with Gasteiger partial charge in [-0.25, -0.2) is 19.5 Å². The number of benzene rings is 2. The van der Waals surface area contributed by atoms with E-state index in [0.29, 0.717) is 11.8 Å². The minimum Gasteiger partial charge on any atom is -0.457 e. The van der Waals surface area contributed by atoms with Gasteiger partial charge in [-0.3, -0.25) is 0 Å². The zero-order valence-electron chi connectivity index (χ0n) is 18.7. The van der Waals surface area contributed by atoms with Gasteiger partial charge in [-0.2, -0.15) is 5.10 Å². The van der Waals surface area contributed by atoms with E-state index in [1.807, 2.05) is 42.6 Å². The van der Waals surface area contributed by atoms with Crippen molar-refractivity contribution in [3.8, 4) is 11.5 Å². The molecule has 6 rings (SSSR count). The van der Waals surface area contributed by atoms with E-state index >= 15 is 0 Å². The molecule has 1 aliphatic rings. The van der Waals surface area contributed by atoms with E-state index < -0.39 is 0 Å². The number of hydrogen-bond donors (Lipinski definition) is 2. The molecule has 0 spiro atoms. The first-order chi connectivity index (χ1) is 16.7. The number of rotatable bonds is 5. The monoisotopic (exact) mass is 452 g/mol. The number of ether oxygens (including phenoxy) is 1. The highest BCUT2D eigenvalue weighted by Crippen LogP contribution is 2.29. The van der Waals surface area contributed by atoms with Crippen molar-refractivity contribution >= 4 is 33.7 Å². The van der Waals surface area contributed by atoms with Crippen LogP contribution in [-0.2, 0) is 0 Å². The number of nitrogens with zero attached hydrogens (tertiary/aromatic N) is 6. The van der Waals surface area contributed by atoms with Gasteiger partial charge in [-0.05, 0) is 55.5 Å². The summed E-state index contributed by atoms with van der Waals surface area (Å²) < 4.78 is 7.67. The minimum atomic E-state index is 0.466. The quantitative estimate of drug-likeness (QED) is 0.413. The second-order valence-corrected chi connectivity index (χ2v) is 8.40. The topological polar surface area (TPSA) is 92.5 Å². The van der Waals surface area contributed by atoms with Crippen molar-refractivity contribution in [1.82, 2.24) is 29.9 Å². The maximum absolute atomic E-state index is 5.98. The molecule has 2 aromatic carbocycles. The van der Waals surface area contributed by atoms with Gasteiger partial charge < -0.3 is 20.3 Å². The van der Waals surface area contributed by atoms with E-state index in [-0.39, 0.29) is 0 Å². The van der Waals surface area contributed by atoms with Crippen LogP contribution in [0.15, 0.2) is 73.4 Å². The number of hydrogen-bond acceptors (Lipinski definition) is 8. The van der Waals surface area contributed by atoms with Gasteiger partial charge in [-0.1, -0.05) is 0 Å². The molecule has 4 heterocycles. The number of piperazine rings is 1. The number of anilines is 3.